The Morgan fingerprint density at radius 2 is 1.82 bits per heavy atom. The van der Waals surface area contributed by atoms with Gasteiger partial charge in [-0.25, -0.2) is 9.50 Å². The molecule has 0 N–H and O–H groups in total. The molecule has 9 heteroatoms. The summed E-state index contributed by atoms with van der Waals surface area (Å²) in [5, 5.41) is 18.2. The number of anilines is 1. The van der Waals surface area contributed by atoms with Crippen LogP contribution in [0.15, 0.2) is 61.7 Å². The summed E-state index contributed by atoms with van der Waals surface area (Å²) in [6.07, 6.45) is 8.39. The van der Waals surface area contributed by atoms with Gasteiger partial charge in [-0.1, -0.05) is 18.7 Å². The van der Waals surface area contributed by atoms with Gasteiger partial charge >= 0.3 is 0 Å². The highest BCUT2D eigenvalue weighted by Crippen LogP contribution is 2.30. The monoisotopic (exact) mass is 438 g/mol. The van der Waals surface area contributed by atoms with Crippen molar-refractivity contribution in [3.8, 4) is 28.6 Å². The number of fused-ring (bicyclic) bond motifs is 1. The number of nitrogens with zero attached hydrogens (tertiary/aromatic N) is 8. The van der Waals surface area contributed by atoms with Crippen LogP contribution in [-0.4, -0.2) is 61.4 Å². The van der Waals surface area contributed by atoms with Gasteiger partial charge in [-0.15, -0.1) is 0 Å². The number of nitriles is 1. The molecule has 1 aromatic carbocycles. The summed E-state index contributed by atoms with van der Waals surface area (Å²) in [5.41, 5.74) is 5.42. The minimum absolute atomic E-state index is 0.0253. The maximum atomic E-state index is 11.8. The Bertz CT molecular complexity index is 1380. The van der Waals surface area contributed by atoms with E-state index in [2.05, 4.69) is 39.9 Å². The molecule has 4 heterocycles. The fourth-order valence-corrected chi connectivity index (χ4v) is 4.13. The van der Waals surface area contributed by atoms with Gasteiger partial charge in [-0.2, -0.15) is 15.5 Å². The Balaban J connectivity index is 1.49. The number of hydrogen-bond donors (Lipinski definition) is 0. The van der Waals surface area contributed by atoms with Crippen LogP contribution in [0.2, 0.25) is 0 Å². The van der Waals surface area contributed by atoms with E-state index in [4.69, 9.17) is 4.98 Å². The third-order valence-electron chi connectivity index (χ3n) is 5.89. The quantitative estimate of drug-likeness (QED) is 0.455. The summed E-state index contributed by atoms with van der Waals surface area (Å²) in [6.45, 7) is 6.43. The SMILES string of the molecule is C=CC(=O)N1CCN(c2ccc(-c3nc(-c4cnn(C)c4)cn4ncc(C#N)c34)cc2)CC1. The van der Waals surface area contributed by atoms with Crippen LogP contribution < -0.4 is 4.90 Å². The number of rotatable bonds is 4. The minimum atomic E-state index is -0.0253. The van der Waals surface area contributed by atoms with E-state index in [9.17, 15) is 10.1 Å². The van der Waals surface area contributed by atoms with Crippen molar-refractivity contribution in [2.45, 2.75) is 0 Å². The van der Waals surface area contributed by atoms with E-state index >= 15 is 0 Å². The Labute approximate surface area is 190 Å². The number of aromatic nitrogens is 5. The number of piperazine rings is 1. The summed E-state index contributed by atoms with van der Waals surface area (Å²) in [7, 11) is 1.86. The first-order valence-corrected chi connectivity index (χ1v) is 10.6. The van der Waals surface area contributed by atoms with Gasteiger partial charge in [0.2, 0.25) is 5.91 Å². The standard InChI is InChI=1S/C24H22N8O/c1-3-22(33)31-10-8-30(9-11-31)20-6-4-17(5-7-20)23-24-18(12-25)13-27-32(24)16-21(28-23)19-14-26-29(2)15-19/h3-7,13-16H,1,8-11H2,2H3. The molecule has 0 unspecified atom stereocenters. The van der Waals surface area contributed by atoms with Crippen LogP contribution in [0, 0.1) is 11.3 Å². The zero-order chi connectivity index (χ0) is 22.9. The van der Waals surface area contributed by atoms with Crippen LogP contribution in [0.4, 0.5) is 5.69 Å². The van der Waals surface area contributed by atoms with E-state index in [0.29, 0.717) is 29.9 Å². The first-order valence-electron chi connectivity index (χ1n) is 10.6. The summed E-state index contributed by atoms with van der Waals surface area (Å²) in [6, 6.07) is 10.4. The number of hydrogen-bond acceptors (Lipinski definition) is 6. The fourth-order valence-electron chi connectivity index (χ4n) is 4.13. The highest BCUT2D eigenvalue weighted by atomic mass is 16.2. The van der Waals surface area contributed by atoms with Crippen molar-refractivity contribution in [2.75, 3.05) is 31.1 Å². The van der Waals surface area contributed by atoms with Crippen molar-refractivity contribution in [3.05, 3.63) is 67.3 Å². The molecule has 0 atom stereocenters. The molecule has 33 heavy (non-hydrogen) atoms. The fraction of sp³-hybridized carbons (Fsp3) is 0.208. The van der Waals surface area contributed by atoms with Crippen molar-refractivity contribution in [3.63, 3.8) is 0 Å². The molecule has 1 saturated heterocycles. The zero-order valence-electron chi connectivity index (χ0n) is 18.2. The zero-order valence-corrected chi connectivity index (χ0v) is 18.2. The van der Waals surface area contributed by atoms with Crippen LogP contribution in [0.3, 0.4) is 0 Å². The minimum Gasteiger partial charge on any atom is -0.368 e. The molecule has 0 aliphatic carbocycles. The van der Waals surface area contributed by atoms with Crippen LogP contribution in [0.5, 0.6) is 0 Å². The molecule has 1 aliphatic heterocycles. The van der Waals surface area contributed by atoms with Crippen molar-refractivity contribution < 1.29 is 4.79 Å². The lowest BCUT2D eigenvalue weighted by Crippen LogP contribution is -2.48. The smallest absolute Gasteiger partial charge is 0.246 e. The van der Waals surface area contributed by atoms with E-state index in [1.165, 1.54) is 6.08 Å². The third kappa shape index (κ3) is 3.72. The van der Waals surface area contributed by atoms with Gasteiger partial charge in [0.05, 0.1) is 30.0 Å². The lowest BCUT2D eigenvalue weighted by molar-refractivity contribution is -0.126. The summed E-state index contributed by atoms with van der Waals surface area (Å²) in [4.78, 5) is 20.8. The third-order valence-corrected chi connectivity index (χ3v) is 5.89. The highest BCUT2D eigenvalue weighted by Gasteiger charge is 2.20. The molecular weight excluding hydrogens is 416 g/mol. The average Bonchev–Trinajstić information content (AvgIpc) is 3.49. The summed E-state index contributed by atoms with van der Waals surface area (Å²) >= 11 is 0. The normalized spacial score (nSPS) is 13.8. The van der Waals surface area contributed by atoms with E-state index in [1.807, 2.05) is 36.5 Å². The van der Waals surface area contributed by atoms with Crippen LogP contribution in [0.1, 0.15) is 5.56 Å². The second-order valence-electron chi connectivity index (χ2n) is 7.90. The Hall–Kier alpha value is -4.45. The molecule has 1 amide bonds. The van der Waals surface area contributed by atoms with Crippen LogP contribution in [-0.2, 0) is 11.8 Å². The first kappa shape index (κ1) is 20.5. The van der Waals surface area contributed by atoms with Gasteiger partial charge in [0, 0.05) is 56.2 Å². The molecular formula is C24H22N8O. The highest BCUT2D eigenvalue weighted by molar-refractivity contribution is 5.87. The van der Waals surface area contributed by atoms with Gasteiger partial charge in [-0.3, -0.25) is 9.48 Å². The van der Waals surface area contributed by atoms with Gasteiger partial charge in [0.15, 0.2) is 0 Å². The van der Waals surface area contributed by atoms with Crippen molar-refractivity contribution in [1.29, 1.82) is 5.26 Å². The molecule has 0 radical (unpaired) electrons. The van der Waals surface area contributed by atoms with Gasteiger partial charge in [-0.05, 0) is 18.2 Å². The van der Waals surface area contributed by atoms with E-state index in [-0.39, 0.29) is 5.91 Å². The topological polar surface area (TPSA) is 95.3 Å². The average molecular weight is 438 g/mol. The second-order valence-corrected chi connectivity index (χ2v) is 7.90. The molecule has 164 valence electrons. The van der Waals surface area contributed by atoms with Crippen molar-refractivity contribution in [1.82, 2.24) is 29.3 Å². The van der Waals surface area contributed by atoms with Gasteiger partial charge < -0.3 is 9.80 Å². The maximum absolute atomic E-state index is 11.8. The lowest BCUT2D eigenvalue weighted by Gasteiger charge is -2.35. The van der Waals surface area contributed by atoms with Crippen LogP contribution in [0.25, 0.3) is 28.0 Å². The van der Waals surface area contributed by atoms with Crippen LogP contribution >= 0.6 is 0 Å². The summed E-state index contributed by atoms with van der Waals surface area (Å²) in [5.74, 6) is -0.0253. The maximum Gasteiger partial charge on any atom is 0.246 e. The Kier molecular flexibility index (Phi) is 5.11. The molecule has 5 rings (SSSR count). The number of carbonyl (C=O) groups excluding carboxylic acids is 1. The number of benzene rings is 1. The van der Waals surface area contributed by atoms with Crippen molar-refractivity contribution >= 4 is 17.1 Å². The molecule has 0 bridgehead atoms. The van der Waals surface area contributed by atoms with E-state index < -0.39 is 0 Å². The second kappa shape index (κ2) is 8.24. The molecule has 1 fully saturated rings. The van der Waals surface area contributed by atoms with Crippen molar-refractivity contribution in [2.24, 2.45) is 7.05 Å². The predicted molar refractivity (Wildman–Crippen MR) is 124 cm³/mol. The summed E-state index contributed by atoms with van der Waals surface area (Å²) < 4.78 is 3.43. The Morgan fingerprint density at radius 3 is 2.45 bits per heavy atom. The largest absolute Gasteiger partial charge is 0.368 e. The lowest BCUT2D eigenvalue weighted by atomic mass is 10.1. The first-order chi connectivity index (χ1) is 16.1. The van der Waals surface area contributed by atoms with Gasteiger partial charge in [0.25, 0.3) is 0 Å². The Morgan fingerprint density at radius 1 is 1.06 bits per heavy atom. The van der Waals surface area contributed by atoms with E-state index in [0.717, 1.165) is 35.6 Å². The molecule has 3 aromatic heterocycles. The van der Waals surface area contributed by atoms with Gasteiger partial charge in [0.1, 0.15) is 17.1 Å². The number of amides is 1. The van der Waals surface area contributed by atoms with E-state index in [1.54, 1.807) is 21.6 Å². The molecule has 1 aliphatic rings. The molecule has 0 saturated carbocycles. The number of carbonyl (C=O) groups is 1. The molecule has 9 nitrogen and oxygen atoms in total. The predicted octanol–water partition coefficient (Wildman–Crippen LogP) is 2.50. The molecule has 4 aromatic rings. The number of aryl methyl sites for hydroxylation is 1. The molecule has 0 spiro atoms.